The highest BCUT2D eigenvalue weighted by atomic mass is 16.6. The van der Waals surface area contributed by atoms with E-state index in [4.69, 9.17) is 9.47 Å². The first kappa shape index (κ1) is 20.9. The molecule has 0 unspecified atom stereocenters. The second kappa shape index (κ2) is 9.09. The minimum absolute atomic E-state index is 0.0193. The Morgan fingerprint density at radius 2 is 1.60 bits per heavy atom. The predicted octanol–water partition coefficient (Wildman–Crippen LogP) is 4.98. The molecule has 0 bridgehead atoms. The summed E-state index contributed by atoms with van der Waals surface area (Å²) in [6.45, 7) is 3.65. The molecular weight excluding hydrogens is 384 g/mol. The molecule has 1 amide bonds. The lowest BCUT2D eigenvalue weighted by molar-refractivity contribution is -0.386. The predicted molar refractivity (Wildman–Crippen MR) is 114 cm³/mol. The van der Waals surface area contributed by atoms with Gasteiger partial charge >= 0.3 is 5.69 Å². The summed E-state index contributed by atoms with van der Waals surface area (Å²) in [5.41, 5.74) is 2.52. The highest BCUT2D eigenvalue weighted by Crippen LogP contribution is 2.33. The summed E-state index contributed by atoms with van der Waals surface area (Å²) in [5, 5.41) is 14.3. The fourth-order valence-corrected chi connectivity index (χ4v) is 3.02. The molecule has 1 N–H and O–H groups in total. The molecule has 3 aromatic carbocycles. The van der Waals surface area contributed by atoms with Crippen molar-refractivity contribution in [1.29, 1.82) is 0 Å². The molecule has 30 heavy (non-hydrogen) atoms. The van der Waals surface area contributed by atoms with E-state index in [2.05, 4.69) is 5.32 Å². The summed E-state index contributed by atoms with van der Waals surface area (Å²) in [5.74, 6) is 0.0489. The van der Waals surface area contributed by atoms with Crippen LogP contribution in [0.15, 0.2) is 66.7 Å². The zero-order valence-corrected chi connectivity index (χ0v) is 16.9. The summed E-state index contributed by atoms with van der Waals surface area (Å²) in [6.07, 6.45) is -1.10. The fraction of sp³-hybridized carbons (Fsp3) is 0.174. The first-order valence-electron chi connectivity index (χ1n) is 9.31. The number of carbonyl (C=O) groups excluding carboxylic acids is 1. The maximum Gasteiger partial charge on any atom is 0.311 e. The van der Waals surface area contributed by atoms with Gasteiger partial charge in [0.15, 0.2) is 5.75 Å². The topological polar surface area (TPSA) is 90.7 Å². The Labute approximate surface area is 174 Å². The van der Waals surface area contributed by atoms with Gasteiger partial charge in [-0.05, 0) is 43.2 Å². The zero-order valence-electron chi connectivity index (χ0n) is 16.9. The average Bonchev–Trinajstić information content (AvgIpc) is 2.73. The Balaban J connectivity index is 1.98. The molecule has 154 valence electrons. The van der Waals surface area contributed by atoms with Crippen molar-refractivity contribution < 1.29 is 19.2 Å². The molecule has 0 aliphatic heterocycles. The number of nitro groups is 1. The van der Waals surface area contributed by atoms with Crippen LogP contribution in [0.5, 0.6) is 11.5 Å². The zero-order chi connectivity index (χ0) is 21.7. The fourth-order valence-electron chi connectivity index (χ4n) is 3.02. The second-order valence-corrected chi connectivity index (χ2v) is 6.83. The van der Waals surface area contributed by atoms with E-state index in [1.165, 1.54) is 19.2 Å². The number of amides is 1. The Bertz CT molecular complexity index is 1070. The van der Waals surface area contributed by atoms with Gasteiger partial charge in [0.1, 0.15) is 5.75 Å². The van der Waals surface area contributed by atoms with Gasteiger partial charge in [0.2, 0.25) is 6.10 Å². The number of ether oxygens (including phenoxy) is 2. The molecule has 3 rings (SSSR count). The number of aryl methyl sites for hydroxylation is 2. The summed E-state index contributed by atoms with van der Waals surface area (Å²) >= 11 is 0. The van der Waals surface area contributed by atoms with Gasteiger partial charge < -0.3 is 14.8 Å². The monoisotopic (exact) mass is 406 g/mol. The van der Waals surface area contributed by atoms with Crippen LogP contribution in [0.3, 0.4) is 0 Å². The molecule has 0 saturated carbocycles. The standard InChI is InChI=1S/C23H22N2O5/c1-15-9-11-20(29-3)18(13-15)24-23(26)22(17-7-5-4-6-8-17)30-21-12-10-16(2)14-19(21)25(27)28/h4-14,22H,1-3H3,(H,24,26)/t22-/m1/s1. The number of nitro benzene ring substituents is 1. The number of anilines is 1. The molecule has 0 heterocycles. The lowest BCUT2D eigenvalue weighted by Crippen LogP contribution is -2.26. The van der Waals surface area contributed by atoms with Crippen molar-refractivity contribution in [2.24, 2.45) is 0 Å². The number of hydrogen-bond donors (Lipinski definition) is 1. The summed E-state index contributed by atoms with van der Waals surface area (Å²) in [6, 6.07) is 18.9. The average molecular weight is 406 g/mol. The van der Waals surface area contributed by atoms with Gasteiger partial charge in [0.05, 0.1) is 17.7 Å². The largest absolute Gasteiger partial charge is 0.495 e. The van der Waals surface area contributed by atoms with Gasteiger partial charge in [0, 0.05) is 11.6 Å². The van der Waals surface area contributed by atoms with Gasteiger partial charge in [-0.2, -0.15) is 0 Å². The molecule has 0 aliphatic carbocycles. The van der Waals surface area contributed by atoms with E-state index in [9.17, 15) is 14.9 Å². The van der Waals surface area contributed by atoms with Crippen LogP contribution in [0.2, 0.25) is 0 Å². The molecule has 1 atom stereocenters. The highest BCUT2D eigenvalue weighted by Gasteiger charge is 2.27. The quantitative estimate of drug-likeness (QED) is 0.441. The number of benzene rings is 3. The van der Waals surface area contributed by atoms with Crippen molar-refractivity contribution in [3.63, 3.8) is 0 Å². The third-order valence-electron chi connectivity index (χ3n) is 4.51. The van der Waals surface area contributed by atoms with E-state index in [0.29, 0.717) is 17.0 Å². The highest BCUT2D eigenvalue weighted by molar-refractivity contribution is 5.96. The number of nitrogens with one attached hydrogen (secondary N) is 1. The van der Waals surface area contributed by atoms with Crippen molar-refractivity contribution in [2.75, 3.05) is 12.4 Å². The van der Waals surface area contributed by atoms with Crippen LogP contribution in [0, 0.1) is 24.0 Å². The maximum atomic E-state index is 13.2. The molecule has 7 nitrogen and oxygen atoms in total. The SMILES string of the molecule is COc1ccc(C)cc1NC(=O)[C@H](Oc1ccc(C)cc1[N+](=O)[O-])c1ccccc1. The van der Waals surface area contributed by atoms with Gasteiger partial charge in [-0.15, -0.1) is 0 Å². The van der Waals surface area contributed by atoms with Crippen LogP contribution in [0.4, 0.5) is 11.4 Å². The van der Waals surface area contributed by atoms with Crippen LogP contribution < -0.4 is 14.8 Å². The van der Waals surface area contributed by atoms with Crippen molar-refractivity contribution >= 4 is 17.3 Å². The third kappa shape index (κ3) is 4.75. The summed E-state index contributed by atoms with van der Waals surface area (Å²) in [4.78, 5) is 24.1. The normalized spacial score (nSPS) is 11.4. The number of carbonyl (C=O) groups is 1. The number of methoxy groups -OCH3 is 1. The van der Waals surface area contributed by atoms with Gasteiger partial charge in [-0.3, -0.25) is 14.9 Å². The molecule has 0 spiro atoms. The van der Waals surface area contributed by atoms with Crippen LogP contribution in [-0.4, -0.2) is 17.9 Å². The van der Waals surface area contributed by atoms with Crippen molar-refractivity contribution in [2.45, 2.75) is 20.0 Å². The number of nitrogens with zero attached hydrogens (tertiary/aromatic N) is 1. The summed E-state index contributed by atoms with van der Waals surface area (Å²) < 4.78 is 11.2. The maximum absolute atomic E-state index is 13.2. The first-order valence-corrected chi connectivity index (χ1v) is 9.31. The van der Waals surface area contributed by atoms with Crippen LogP contribution >= 0.6 is 0 Å². The molecule has 0 aliphatic rings. The lowest BCUT2D eigenvalue weighted by atomic mass is 10.1. The van der Waals surface area contributed by atoms with Gasteiger partial charge in [0.25, 0.3) is 5.91 Å². The minimum atomic E-state index is -1.10. The molecule has 7 heteroatoms. The van der Waals surface area contributed by atoms with E-state index in [1.807, 2.05) is 19.1 Å². The van der Waals surface area contributed by atoms with E-state index in [-0.39, 0.29) is 11.4 Å². The first-order chi connectivity index (χ1) is 14.4. The van der Waals surface area contributed by atoms with E-state index in [0.717, 1.165) is 11.1 Å². The molecule has 0 fully saturated rings. The smallest absolute Gasteiger partial charge is 0.311 e. The second-order valence-electron chi connectivity index (χ2n) is 6.83. The molecular formula is C23H22N2O5. The minimum Gasteiger partial charge on any atom is -0.495 e. The van der Waals surface area contributed by atoms with Crippen molar-refractivity contribution in [3.8, 4) is 11.5 Å². The summed E-state index contributed by atoms with van der Waals surface area (Å²) in [7, 11) is 1.52. The van der Waals surface area contributed by atoms with Crippen LogP contribution in [0.25, 0.3) is 0 Å². The van der Waals surface area contributed by atoms with Crippen molar-refractivity contribution in [3.05, 3.63) is 93.5 Å². The molecule has 0 radical (unpaired) electrons. The Morgan fingerprint density at radius 1 is 0.967 bits per heavy atom. The molecule has 3 aromatic rings. The Hall–Kier alpha value is -3.87. The Morgan fingerprint density at radius 3 is 2.23 bits per heavy atom. The molecule has 0 saturated heterocycles. The van der Waals surface area contributed by atoms with Crippen LogP contribution in [0.1, 0.15) is 22.8 Å². The van der Waals surface area contributed by atoms with Gasteiger partial charge in [-0.25, -0.2) is 0 Å². The van der Waals surface area contributed by atoms with E-state index >= 15 is 0 Å². The van der Waals surface area contributed by atoms with Crippen LogP contribution in [-0.2, 0) is 4.79 Å². The molecule has 0 aromatic heterocycles. The third-order valence-corrected chi connectivity index (χ3v) is 4.51. The lowest BCUT2D eigenvalue weighted by Gasteiger charge is -2.20. The van der Waals surface area contributed by atoms with E-state index in [1.54, 1.807) is 49.4 Å². The van der Waals surface area contributed by atoms with Crippen molar-refractivity contribution in [1.82, 2.24) is 0 Å². The number of rotatable bonds is 7. The van der Waals surface area contributed by atoms with Gasteiger partial charge in [-0.1, -0.05) is 42.5 Å². The van der Waals surface area contributed by atoms with E-state index < -0.39 is 16.9 Å². The Kier molecular flexibility index (Phi) is 6.32. The number of hydrogen-bond acceptors (Lipinski definition) is 5.